The molecule has 1 fully saturated rings. The van der Waals surface area contributed by atoms with Gasteiger partial charge < -0.3 is 9.80 Å². The van der Waals surface area contributed by atoms with Crippen LogP contribution in [0.4, 0.5) is 10.1 Å². The standard InChI is InChI=1S/C19H30FN3O/c1-3-10-23(11-4-2)19(24)9-12-21-13-15-22(16-14-21)18-8-6-5-7-17(18)20/h5-8H,3-4,9-16H2,1-2H3. The third kappa shape index (κ3) is 5.20. The zero-order chi connectivity index (χ0) is 17.4. The highest BCUT2D eigenvalue weighted by Crippen LogP contribution is 2.20. The molecular formula is C19H30FN3O. The molecule has 0 aromatic heterocycles. The monoisotopic (exact) mass is 335 g/mol. The number of amides is 1. The van der Waals surface area contributed by atoms with E-state index in [4.69, 9.17) is 0 Å². The number of para-hydroxylation sites is 1. The maximum Gasteiger partial charge on any atom is 0.223 e. The molecule has 134 valence electrons. The lowest BCUT2D eigenvalue weighted by atomic mass is 10.2. The van der Waals surface area contributed by atoms with Gasteiger partial charge in [0.2, 0.25) is 5.91 Å². The van der Waals surface area contributed by atoms with Gasteiger partial charge >= 0.3 is 0 Å². The molecule has 0 spiro atoms. The van der Waals surface area contributed by atoms with Gasteiger partial charge in [-0.25, -0.2) is 4.39 Å². The third-order valence-corrected chi connectivity index (χ3v) is 4.55. The van der Waals surface area contributed by atoms with Crippen LogP contribution >= 0.6 is 0 Å². The second-order valence-electron chi connectivity index (χ2n) is 6.41. The van der Waals surface area contributed by atoms with Gasteiger partial charge in [-0.2, -0.15) is 0 Å². The zero-order valence-electron chi connectivity index (χ0n) is 15.0. The normalized spacial score (nSPS) is 15.5. The molecule has 0 bridgehead atoms. The molecule has 2 rings (SSSR count). The Morgan fingerprint density at radius 1 is 1.08 bits per heavy atom. The Morgan fingerprint density at radius 3 is 2.29 bits per heavy atom. The zero-order valence-corrected chi connectivity index (χ0v) is 15.0. The van der Waals surface area contributed by atoms with Crippen LogP contribution in [-0.2, 0) is 4.79 Å². The minimum Gasteiger partial charge on any atom is -0.367 e. The molecule has 1 amide bonds. The molecule has 0 aliphatic carbocycles. The van der Waals surface area contributed by atoms with Gasteiger partial charge in [0, 0.05) is 52.2 Å². The van der Waals surface area contributed by atoms with Crippen LogP contribution in [0.2, 0.25) is 0 Å². The van der Waals surface area contributed by atoms with Crippen molar-refractivity contribution in [3.8, 4) is 0 Å². The number of anilines is 1. The number of carbonyl (C=O) groups is 1. The number of hydrogen-bond donors (Lipinski definition) is 0. The number of hydrogen-bond acceptors (Lipinski definition) is 3. The van der Waals surface area contributed by atoms with Gasteiger partial charge in [0.15, 0.2) is 0 Å². The molecule has 0 radical (unpaired) electrons. The smallest absolute Gasteiger partial charge is 0.223 e. The molecular weight excluding hydrogens is 305 g/mol. The lowest BCUT2D eigenvalue weighted by molar-refractivity contribution is -0.131. The average Bonchev–Trinajstić information content (AvgIpc) is 2.60. The van der Waals surface area contributed by atoms with Gasteiger partial charge in [-0.15, -0.1) is 0 Å². The summed E-state index contributed by atoms with van der Waals surface area (Å²) in [5.74, 6) is 0.103. The predicted molar refractivity (Wildman–Crippen MR) is 96.8 cm³/mol. The number of carbonyl (C=O) groups excluding carboxylic acids is 1. The van der Waals surface area contributed by atoms with E-state index in [1.54, 1.807) is 6.07 Å². The topological polar surface area (TPSA) is 26.8 Å². The van der Waals surface area contributed by atoms with Crippen LogP contribution in [0, 0.1) is 5.82 Å². The SMILES string of the molecule is CCCN(CCC)C(=O)CCN1CCN(c2ccccc2F)CC1. The molecule has 1 aromatic rings. The number of nitrogens with zero attached hydrogens (tertiary/aromatic N) is 3. The van der Waals surface area contributed by atoms with E-state index in [1.165, 1.54) is 6.07 Å². The fraction of sp³-hybridized carbons (Fsp3) is 0.632. The van der Waals surface area contributed by atoms with E-state index < -0.39 is 0 Å². The van der Waals surface area contributed by atoms with Crippen molar-refractivity contribution in [1.29, 1.82) is 0 Å². The summed E-state index contributed by atoms with van der Waals surface area (Å²) in [5.41, 5.74) is 0.685. The van der Waals surface area contributed by atoms with E-state index in [0.717, 1.165) is 58.7 Å². The first-order valence-electron chi connectivity index (χ1n) is 9.15. The highest BCUT2D eigenvalue weighted by atomic mass is 19.1. The maximum atomic E-state index is 13.9. The second kappa shape index (κ2) is 9.62. The van der Waals surface area contributed by atoms with Crippen molar-refractivity contribution < 1.29 is 9.18 Å². The van der Waals surface area contributed by atoms with Crippen molar-refractivity contribution in [2.24, 2.45) is 0 Å². The number of rotatable bonds is 8. The summed E-state index contributed by atoms with van der Waals surface area (Å²) in [4.78, 5) is 18.7. The van der Waals surface area contributed by atoms with Gasteiger partial charge in [0.1, 0.15) is 5.82 Å². The highest BCUT2D eigenvalue weighted by Gasteiger charge is 2.20. The van der Waals surface area contributed by atoms with E-state index >= 15 is 0 Å². The lowest BCUT2D eigenvalue weighted by Crippen LogP contribution is -2.47. The lowest BCUT2D eigenvalue weighted by Gasteiger charge is -2.36. The van der Waals surface area contributed by atoms with Crippen molar-refractivity contribution >= 4 is 11.6 Å². The summed E-state index contributed by atoms with van der Waals surface area (Å²) in [5, 5.41) is 0. The van der Waals surface area contributed by atoms with Crippen LogP contribution in [0.25, 0.3) is 0 Å². The second-order valence-corrected chi connectivity index (χ2v) is 6.41. The minimum absolute atomic E-state index is 0.157. The summed E-state index contributed by atoms with van der Waals surface area (Å²) >= 11 is 0. The Hall–Kier alpha value is -1.62. The van der Waals surface area contributed by atoms with Gasteiger partial charge in [-0.05, 0) is 25.0 Å². The van der Waals surface area contributed by atoms with Crippen molar-refractivity contribution in [2.45, 2.75) is 33.1 Å². The quantitative estimate of drug-likeness (QED) is 0.731. The summed E-state index contributed by atoms with van der Waals surface area (Å²) in [7, 11) is 0. The van der Waals surface area contributed by atoms with E-state index in [1.807, 2.05) is 17.0 Å². The number of halogens is 1. The van der Waals surface area contributed by atoms with Crippen molar-refractivity contribution in [1.82, 2.24) is 9.80 Å². The fourth-order valence-corrected chi connectivity index (χ4v) is 3.23. The number of piperazine rings is 1. The van der Waals surface area contributed by atoms with Crippen molar-refractivity contribution in [3.05, 3.63) is 30.1 Å². The van der Waals surface area contributed by atoms with Gasteiger partial charge in [0.25, 0.3) is 0 Å². The molecule has 0 atom stereocenters. The summed E-state index contributed by atoms with van der Waals surface area (Å²) in [6.07, 6.45) is 2.60. The van der Waals surface area contributed by atoms with Gasteiger partial charge in [-0.3, -0.25) is 9.69 Å². The maximum absolute atomic E-state index is 13.9. The van der Waals surface area contributed by atoms with Gasteiger partial charge in [-0.1, -0.05) is 26.0 Å². The van der Waals surface area contributed by atoms with Crippen LogP contribution in [0.5, 0.6) is 0 Å². The fourth-order valence-electron chi connectivity index (χ4n) is 3.23. The molecule has 0 unspecified atom stereocenters. The predicted octanol–water partition coefficient (Wildman–Crippen LogP) is 2.99. The Balaban J connectivity index is 1.77. The van der Waals surface area contributed by atoms with E-state index in [-0.39, 0.29) is 11.7 Å². The Labute approximate surface area is 145 Å². The van der Waals surface area contributed by atoms with Crippen LogP contribution in [-0.4, -0.2) is 61.5 Å². The third-order valence-electron chi connectivity index (χ3n) is 4.55. The molecule has 1 aromatic carbocycles. The van der Waals surface area contributed by atoms with Crippen LogP contribution in [0.3, 0.4) is 0 Å². The molecule has 5 heteroatoms. The Bertz CT molecular complexity index is 509. The molecule has 0 N–H and O–H groups in total. The summed E-state index contributed by atoms with van der Waals surface area (Å²) in [6, 6.07) is 6.94. The largest absolute Gasteiger partial charge is 0.367 e. The molecule has 24 heavy (non-hydrogen) atoms. The van der Waals surface area contributed by atoms with E-state index in [2.05, 4.69) is 23.6 Å². The average molecular weight is 335 g/mol. The Morgan fingerprint density at radius 2 is 1.71 bits per heavy atom. The van der Waals surface area contributed by atoms with Crippen molar-refractivity contribution in [3.63, 3.8) is 0 Å². The molecule has 1 saturated heterocycles. The highest BCUT2D eigenvalue weighted by molar-refractivity contribution is 5.76. The van der Waals surface area contributed by atoms with Crippen LogP contribution < -0.4 is 4.90 Å². The van der Waals surface area contributed by atoms with Crippen molar-refractivity contribution in [2.75, 3.05) is 50.7 Å². The van der Waals surface area contributed by atoms with E-state index in [9.17, 15) is 9.18 Å². The van der Waals surface area contributed by atoms with E-state index in [0.29, 0.717) is 12.1 Å². The molecule has 1 heterocycles. The first kappa shape index (κ1) is 18.7. The van der Waals surface area contributed by atoms with Crippen LogP contribution in [0.1, 0.15) is 33.1 Å². The minimum atomic E-state index is -0.157. The first-order chi connectivity index (χ1) is 11.7. The molecule has 1 aliphatic heterocycles. The first-order valence-corrected chi connectivity index (χ1v) is 9.15. The molecule has 4 nitrogen and oxygen atoms in total. The number of benzene rings is 1. The van der Waals surface area contributed by atoms with Crippen LogP contribution in [0.15, 0.2) is 24.3 Å². The molecule has 1 aliphatic rings. The summed E-state index contributed by atoms with van der Waals surface area (Å²) < 4.78 is 13.9. The Kier molecular flexibility index (Phi) is 7.50. The van der Waals surface area contributed by atoms with Gasteiger partial charge in [0.05, 0.1) is 5.69 Å². The molecule has 0 saturated carbocycles. The summed E-state index contributed by atoms with van der Waals surface area (Å²) in [6.45, 7) is 10.1.